The van der Waals surface area contributed by atoms with Crippen LogP contribution >= 0.6 is 0 Å². The van der Waals surface area contributed by atoms with E-state index in [1.165, 1.54) is 302 Å². The predicted molar refractivity (Wildman–Crippen MR) is 349 cm³/mol. The Balaban J connectivity index is 4.07. The Labute approximate surface area is 500 Å². The van der Waals surface area contributed by atoms with Gasteiger partial charge in [-0.3, -0.25) is 14.4 Å². The maximum atomic E-state index is 12.9. The summed E-state index contributed by atoms with van der Waals surface area (Å²) >= 11 is 0. The van der Waals surface area contributed by atoms with Gasteiger partial charge in [-0.1, -0.05) is 353 Å². The van der Waals surface area contributed by atoms with Gasteiger partial charge in [0.1, 0.15) is 13.2 Å². The smallest absolute Gasteiger partial charge is 0.306 e. The van der Waals surface area contributed by atoms with Gasteiger partial charge in [-0.25, -0.2) is 0 Å². The van der Waals surface area contributed by atoms with Crippen molar-refractivity contribution in [3.05, 3.63) is 24.3 Å². The molecule has 0 fully saturated rings. The summed E-state index contributed by atoms with van der Waals surface area (Å²) in [5.41, 5.74) is 0. The Morgan fingerprint density at radius 2 is 0.438 bits per heavy atom. The topological polar surface area (TPSA) is 78.9 Å². The first-order chi connectivity index (χ1) is 39.5. The first kappa shape index (κ1) is 77.9. The molecule has 0 spiro atoms. The summed E-state index contributed by atoms with van der Waals surface area (Å²) in [4.78, 5) is 38.3. The quantitative estimate of drug-likeness (QED) is 0.0261. The van der Waals surface area contributed by atoms with E-state index >= 15 is 0 Å². The van der Waals surface area contributed by atoms with E-state index in [4.69, 9.17) is 14.2 Å². The molecular weight excluding hydrogens is 985 g/mol. The number of ether oxygens (including phenoxy) is 3. The molecule has 0 aliphatic rings. The van der Waals surface area contributed by atoms with E-state index in [0.717, 1.165) is 70.6 Å². The van der Waals surface area contributed by atoms with E-state index in [2.05, 4.69) is 45.1 Å². The molecule has 0 aliphatic carbocycles. The molecule has 1 unspecified atom stereocenters. The van der Waals surface area contributed by atoms with Crippen molar-refractivity contribution in [2.75, 3.05) is 13.2 Å². The largest absolute Gasteiger partial charge is 0.462 e. The van der Waals surface area contributed by atoms with Gasteiger partial charge >= 0.3 is 17.9 Å². The lowest BCUT2D eigenvalue weighted by Crippen LogP contribution is -2.30. The predicted octanol–water partition coefficient (Wildman–Crippen LogP) is 25.0. The van der Waals surface area contributed by atoms with Crippen molar-refractivity contribution in [2.24, 2.45) is 0 Å². The van der Waals surface area contributed by atoms with Crippen LogP contribution in [0.15, 0.2) is 24.3 Å². The monoisotopic (exact) mass is 1130 g/mol. The first-order valence-electron chi connectivity index (χ1n) is 36.3. The number of esters is 3. The number of allylic oxidation sites excluding steroid dienone is 4. The molecule has 0 saturated heterocycles. The Morgan fingerprint density at radius 1 is 0.237 bits per heavy atom. The SMILES string of the molecule is CCC/C=C\CCCCCCCC(=O)OCC(COC(=O)CCCCCCCCCCCCCCCCCCCCCCCCCCCCCCCCC)OC(=O)CCCCCCCCCCC/C=C\CCCCCCCCCC. The molecule has 0 bridgehead atoms. The van der Waals surface area contributed by atoms with Crippen LogP contribution in [-0.2, 0) is 28.6 Å². The molecule has 0 aromatic carbocycles. The van der Waals surface area contributed by atoms with Crippen molar-refractivity contribution in [1.82, 2.24) is 0 Å². The molecule has 80 heavy (non-hydrogen) atoms. The molecule has 1 atom stereocenters. The van der Waals surface area contributed by atoms with Gasteiger partial charge in [-0.15, -0.1) is 0 Å². The molecule has 0 aliphatic heterocycles. The van der Waals surface area contributed by atoms with Crippen LogP contribution in [0, 0.1) is 0 Å². The Morgan fingerprint density at radius 3 is 0.675 bits per heavy atom. The second-order valence-electron chi connectivity index (χ2n) is 24.9. The number of unbranched alkanes of at least 4 members (excludes halogenated alkanes) is 53. The second kappa shape index (κ2) is 69.4. The van der Waals surface area contributed by atoms with Crippen LogP contribution in [0.2, 0.25) is 0 Å². The average Bonchev–Trinajstić information content (AvgIpc) is 3.46. The van der Waals surface area contributed by atoms with Crippen LogP contribution in [-0.4, -0.2) is 37.2 Å². The molecule has 0 saturated carbocycles. The highest BCUT2D eigenvalue weighted by Gasteiger charge is 2.19. The minimum Gasteiger partial charge on any atom is -0.462 e. The fourth-order valence-electron chi connectivity index (χ4n) is 11.2. The van der Waals surface area contributed by atoms with Crippen molar-refractivity contribution in [3.63, 3.8) is 0 Å². The number of carbonyl (C=O) groups excluding carboxylic acids is 3. The van der Waals surface area contributed by atoms with E-state index in [1.807, 2.05) is 0 Å². The molecule has 0 N–H and O–H groups in total. The zero-order valence-corrected chi connectivity index (χ0v) is 54.4. The van der Waals surface area contributed by atoms with Crippen LogP contribution in [0.5, 0.6) is 0 Å². The lowest BCUT2D eigenvalue weighted by Gasteiger charge is -2.18. The van der Waals surface area contributed by atoms with E-state index in [9.17, 15) is 14.4 Å². The van der Waals surface area contributed by atoms with Crippen molar-refractivity contribution in [1.29, 1.82) is 0 Å². The molecule has 0 aromatic rings. The fraction of sp³-hybridized carbons (Fsp3) is 0.905. The Hall–Kier alpha value is -2.11. The molecule has 0 radical (unpaired) electrons. The summed E-state index contributed by atoms with van der Waals surface area (Å²) in [5, 5.41) is 0. The third-order valence-electron chi connectivity index (χ3n) is 16.7. The van der Waals surface area contributed by atoms with Gasteiger partial charge in [0.2, 0.25) is 0 Å². The summed E-state index contributed by atoms with van der Waals surface area (Å²) in [5.74, 6) is -0.855. The molecule has 0 amide bonds. The van der Waals surface area contributed by atoms with Crippen LogP contribution in [0.4, 0.5) is 0 Å². The lowest BCUT2D eigenvalue weighted by atomic mass is 10.0. The molecule has 0 heterocycles. The van der Waals surface area contributed by atoms with Crippen LogP contribution in [0.3, 0.4) is 0 Å². The summed E-state index contributed by atoms with van der Waals surface area (Å²) in [6.07, 6.45) is 85.3. The summed E-state index contributed by atoms with van der Waals surface area (Å²) in [6.45, 7) is 6.65. The maximum Gasteiger partial charge on any atom is 0.306 e. The van der Waals surface area contributed by atoms with Crippen LogP contribution in [0.1, 0.15) is 412 Å². The second-order valence-corrected chi connectivity index (χ2v) is 24.9. The van der Waals surface area contributed by atoms with Gasteiger partial charge in [0.25, 0.3) is 0 Å². The molecule has 6 heteroatoms. The normalized spacial score (nSPS) is 12.1. The highest BCUT2D eigenvalue weighted by atomic mass is 16.6. The highest BCUT2D eigenvalue weighted by molar-refractivity contribution is 5.71. The van der Waals surface area contributed by atoms with E-state index in [1.54, 1.807) is 0 Å². The van der Waals surface area contributed by atoms with E-state index in [-0.39, 0.29) is 31.1 Å². The molecule has 472 valence electrons. The Bertz CT molecular complexity index is 1290. The number of carbonyl (C=O) groups is 3. The fourth-order valence-corrected chi connectivity index (χ4v) is 11.2. The number of hydrogen-bond donors (Lipinski definition) is 0. The van der Waals surface area contributed by atoms with Crippen molar-refractivity contribution < 1.29 is 28.6 Å². The van der Waals surface area contributed by atoms with Crippen molar-refractivity contribution in [3.8, 4) is 0 Å². The third kappa shape index (κ3) is 66.7. The molecular formula is C74H140O6. The Kier molecular flexibility index (Phi) is 67.6. The van der Waals surface area contributed by atoms with Gasteiger partial charge in [0, 0.05) is 19.3 Å². The van der Waals surface area contributed by atoms with Gasteiger partial charge in [-0.2, -0.15) is 0 Å². The standard InChI is InChI=1S/C74H140O6/c1-4-7-10-13-16-19-22-24-26-28-30-32-33-34-35-36-37-38-39-40-41-43-44-46-48-50-52-55-58-61-64-67-73(76)79-70-71(69-78-72(75)66-63-60-57-54-21-18-15-12-9-6-3)80-74(77)68-65-62-59-56-53-51-49-47-45-42-31-29-27-25-23-20-17-14-11-8-5-2/h12,15,29,31,71H,4-11,13-14,16-28,30,32-70H2,1-3H3/b15-12-,31-29-. The minimum absolute atomic E-state index is 0.0697. The van der Waals surface area contributed by atoms with Crippen molar-refractivity contribution >= 4 is 17.9 Å². The van der Waals surface area contributed by atoms with Crippen LogP contribution < -0.4 is 0 Å². The maximum absolute atomic E-state index is 12.9. The van der Waals surface area contributed by atoms with E-state index < -0.39 is 6.10 Å². The van der Waals surface area contributed by atoms with Gasteiger partial charge in [-0.05, 0) is 64.2 Å². The van der Waals surface area contributed by atoms with E-state index in [0.29, 0.717) is 19.3 Å². The average molecular weight is 1130 g/mol. The zero-order chi connectivity index (χ0) is 57.8. The lowest BCUT2D eigenvalue weighted by molar-refractivity contribution is -0.167. The first-order valence-corrected chi connectivity index (χ1v) is 36.3. The summed E-state index contributed by atoms with van der Waals surface area (Å²) < 4.78 is 16.9. The summed E-state index contributed by atoms with van der Waals surface area (Å²) in [7, 11) is 0. The van der Waals surface area contributed by atoms with Gasteiger partial charge in [0.05, 0.1) is 0 Å². The van der Waals surface area contributed by atoms with Gasteiger partial charge < -0.3 is 14.2 Å². The van der Waals surface area contributed by atoms with Crippen molar-refractivity contribution in [2.45, 2.75) is 419 Å². The minimum atomic E-state index is -0.773. The number of hydrogen-bond acceptors (Lipinski definition) is 6. The molecule has 0 aromatic heterocycles. The summed E-state index contributed by atoms with van der Waals surface area (Å²) in [6, 6.07) is 0. The number of rotatable bonds is 68. The van der Waals surface area contributed by atoms with Crippen LogP contribution in [0.25, 0.3) is 0 Å². The molecule has 6 nitrogen and oxygen atoms in total. The molecule has 0 rings (SSSR count). The zero-order valence-electron chi connectivity index (χ0n) is 54.4. The third-order valence-corrected chi connectivity index (χ3v) is 16.7. The highest BCUT2D eigenvalue weighted by Crippen LogP contribution is 2.19. The van der Waals surface area contributed by atoms with Gasteiger partial charge in [0.15, 0.2) is 6.10 Å².